The van der Waals surface area contributed by atoms with E-state index in [9.17, 15) is 14.3 Å². The second-order valence-electron chi connectivity index (χ2n) is 5.70. The third-order valence-corrected chi connectivity index (χ3v) is 4.05. The highest BCUT2D eigenvalue weighted by Gasteiger charge is 2.13. The van der Waals surface area contributed by atoms with Crippen LogP contribution in [0.3, 0.4) is 0 Å². The van der Waals surface area contributed by atoms with Crippen LogP contribution < -0.4 is 5.32 Å². The van der Waals surface area contributed by atoms with Crippen molar-refractivity contribution in [2.45, 2.75) is 18.9 Å². The summed E-state index contributed by atoms with van der Waals surface area (Å²) in [7, 11) is 0. The van der Waals surface area contributed by atoms with Crippen LogP contribution in [-0.4, -0.2) is 22.5 Å². The largest absolute Gasteiger partial charge is 0.386 e. The number of aromatic amines is 1. The molecule has 2 aromatic carbocycles. The van der Waals surface area contributed by atoms with Gasteiger partial charge in [-0.2, -0.15) is 0 Å². The van der Waals surface area contributed by atoms with Crippen LogP contribution in [-0.2, 0) is 11.2 Å². The van der Waals surface area contributed by atoms with E-state index >= 15 is 0 Å². The zero-order valence-corrected chi connectivity index (χ0v) is 13.1. The lowest BCUT2D eigenvalue weighted by Gasteiger charge is -2.13. The summed E-state index contributed by atoms with van der Waals surface area (Å²) >= 11 is 0. The van der Waals surface area contributed by atoms with E-state index in [-0.39, 0.29) is 18.0 Å². The highest BCUT2D eigenvalue weighted by atomic mass is 19.1. The van der Waals surface area contributed by atoms with Crippen LogP contribution in [0, 0.1) is 5.82 Å². The average Bonchev–Trinajstić information content (AvgIpc) is 3.01. The van der Waals surface area contributed by atoms with Crippen LogP contribution in [0.25, 0.3) is 10.9 Å². The number of para-hydroxylation sites is 1. The third kappa shape index (κ3) is 3.63. The molecule has 1 unspecified atom stereocenters. The van der Waals surface area contributed by atoms with Gasteiger partial charge in [0.1, 0.15) is 5.82 Å². The van der Waals surface area contributed by atoms with Crippen molar-refractivity contribution in [2.75, 3.05) is 6.54 Å². The van der Waals surface area contributed by atoms with Gasteiger partial charge in [-0.3, -0.25) is 4.79 Å². The van der Waals surface area contributed by atoms with Crippen LogP contribution >= 0.6 is 0 Å². The number of hydrogen-bond acceptors (Lipinski definition) is 2. The lowest BCUT2D eigenvalue weighted by atomic mass is 10.1. The Labute approximate surface area is 139 Å². The van der Waals surface area contributed by atoms with Crippen molar-refractivity contribution in [3.63, 3.8) is 0 Å². The first-order valence-electron chi connectivity index (χ1n) is 7.89. The molecule has 5 heteroatoms. The van der Waals surface area contributed by atoms with E-state index in [0.29, 0.717) is 12.8 Å². The Kier molecular flexibility index (Phi) is 4.91. The number of aliphatic hydroxyl groups is 1. The van der Waals surface area contributed by atoms with E-state index in [4.69, 9.17) is 0 Å². The molecule has 0 bridgehead atoms. The minimum Gasteiger partial charge on any atom is -0.386 e. The number of H-pyrrole nitrogens is 1. The van der Waals surface area contributed by atoms with Gasteiger partial charge in [0, 0.05) is 35.6 Å². The number of hydrogen-bond donors (Lipinski definition) is 3. The SMILES string of the molecule is O=C(CCc1c[nH]c2ccccc12)NCC(O)c1ccccc1F. The molecule has 24 heavy (non-hydrogen) atoms. The number of rotatable bonds is 6. The maximum Gasteiger partial charge on any atom is 0.220 e. The molecular formula is C19H19FN2O2. The summed E-state index contributed by atoms with van der Waals surface area (Å²) in [6.45, 7) is -0.00630. The summed E-state index contributed by atoms with van der Waals surface area (Å²) in [4.78, 5) is 15.1. The fraction of sp³-hybridized carbons (Fsp3) is 0.211. The standard InChI is InChI=1S/C19H19FN2O2/c20-16-7-3-1-6-15(16)18(23)12-22-19(24)10-9-13-11-21-17-8-4-2-5-14(13)17/h1-8,11,18,21,23H,9-10,12H2,(H,22,24). The van der Waals surface area contributed by atoms with E-state index in [1.165, 1.54) is 12.1 Å². The lowest BCUT2D eigenvalue weighted by Crippen LogP contribution is -2.28. The van der Waals surface area contributed by atoms with E-state index in [0.717, 1.165) is 16.5 Å². The number of nitrogens with one attached hydrogen (secondary N) is 2. The number of aromatic nitrogens is 1. The summed E-state index contributed by atoms with van der Waals surface area (Å²) < 4.78 is 13.6. The molecule has 1 amide bonds. The fourth-order valence-electron chi connectivity index (χ4n) is 2.74. The predicted molar refractivity (Wildman–Crippen MR) is 91.0 cm³/mol. The molecule has 124 valence electrons. The Balaban J connectivity index is 1.52. The molecule has 0 aliphatic heterocycles. The van der Waals surface area contributed by atoms with Crippen LogP contribution in [0.5, 0.6) is 0 Å². The summed E-state index contributed by atoms with van der Waals surface area (Å²) in [5.74, 6) is -0.645. The second-order valence-corrected chi connectivity index (χ2v) is 5.70. The van der Waals surface area contributed by atoms with Crippen molar-refractivity contribution in [1.82, 2.24) is 10.3 Å². The summed E-state index contributed by atoms with van der Waals surface area (Å²) in [5.41, 5.74) is 2.31. The van der Waals surface area contributed by atoms with Crippen LogP contribution in [0.1, 0.15) is 23.7 Å². The van der Waals surface area contributed by atoms with Gasteiger partial charge in [-0.1, -0.05) is 36.4 Å². The van der Waals surface area contributed by atoms with Crippen LogP contribution in [0.2, 0.25) is 0 Å². The molecule has 3 rings (SSSR count). The molecule has 3 N–H and O–H groups in total. The number of halogens is 1. The first-order chi connectivity index (χ1) is 11.6. The maximum absolute atomic E-state index is 13.6. The molecule has 1 heterocycles. The van der Waals surface area contributed by atoms with E-state index in [1.54, 1.807) is 12.1 Å². The van der Waals surface area contributed by atoms with Crippen molar-refractivity contribution in [2.24, 2.45) is 0 Å². The van der Waals surface area contributed by atoms with Crippen molar-refractivity contribution >= 4 is 16.8 Å². The van der Waals surface area contributed by atoms with Crippen LogP contribution in [0.4, 0.5) is 4.39 Å². The van der Waals surface area contributed by atoms with Crippen molar-refractivity contribution in [3.05, 3.63) is 71.7 Å². The van der Waals surface area contributed by atoms with E-state index in [1.807, 2.05) is 30.5 Å². The van der Waals surface area contributed by atoms with Gasteiger partial charge >= 0.3 is 0 Å². The first-order valence-corrected chi connectivity index (χ1v) is 7.89. The van der Waals surface area contributed by atoms with Crippen LogP contribution in [0.15, 0.2) is 54.7 Å². The average molecular weight is 326 g/mol. The smallest absolute Gasteiger partial charge is 0.220 e. The van der Waals surface area contributed by atoms with E-state index in [2.05, 4.69) is 10.3 Å². The fourth-order valence-corrected chi connectivity index (χ4v) is 2.74. The molecule has 0 saturated heterocycles. The maximum atomic E-state index is 13.6. The van der Waals surface area contributed by atoms with E-state index < -0.39 is 11.9 Å². The van der Waals surface area contributed by atoms with Crippen molar-refractivity contribution in [3.8, 4) is 0 Å². The molecule has 0 fully saturated rings. The Hall–Kier alpha value is -2.66. The van der Waals surface area contributed by atoms with Gasteiger partial charge in [0.25, 0.3) is 0 Å². The Morgan fingerprint density at radius 3 is 2.75 bits per heavy atom. The van der Waals surface area contributed by atoms with Gasteiger partial charge in [0.15, 0.2) is 0 Å². The third-order valence-electron chi connectivity index (χ3n) is 4.05. The second kappa shape index (κ2) is 7.27. The zero-order valence-electron chi connectivity index (χ0n) is 13.1. The molecule has 0 saturated carbocycles. The summed E-state index contributed by atoms with van der Waals surface area (Å²) in [5, 5.41) is 13.7. The van der Waals surface area contributed by atoms with Crippen molar-refractivity contribution < 1.29 is 14.3 Å². The number of fused-ring (bicyclic) bond motifs is 1. The first kappa shape index (κ1) is 16.2. The molecular weight excluding hydrogens is 307 g/mol. The zero-order chi connectivity index (χ0) is 16.9. The Morgan fingerprint density at radius 1 is 1.17 bits per heavy atom. The molecule has 1 atom stereocenters. The molecule has 0 aliphatic carbocycles. The highest BCUT2D eigenvalue weighted by Crippen LogP contribution is 2.19. The number of aliphatic hydroxyl groups excluding tert-OH is 1. The molecule has 4 nitrogen and oxygen atoms in total. The molecule has 3 aromatic rings. The number of carbonyl (C=O) groups is 1. The minimum absolute atomic E-state index is 0.00630. The molecule has 0 spiro atoms. The van der Waals surface area contributed by atoms with Gasteiger partial charge in [0.05, 0.1) is 6.10 Å². The summed E-state index contributed by atoms with van der Waals surface area (Å²) in [6.07, 6.45) is 1.77. The highest BCUT2D eigenvalue weighted by molar-refractivity contribution is 5.84. The number of benzene rings is 2. The number of carbonyl (C=O) groups excluding carboxylic acids is 1. The monoisotopic (exact) mass is 326 g/mol. The molecule has 1 aromatic heterocycles. The Bertz CT molecular complexity index is 844. The van der Waals surface area contributed by atoms with Gasteiger partial charge in [-0.15, -0.1) is 0 Å². The quantitative estimate of drug-likeness (QED) is 0.652. The number of aryl methyl sites for hydroxylation is 1. The number of amides is 1. The normalized spacial score (nSPS) is 12.2. The van der Waals surface area contributed by atoms with Gasteiger partial charge in [-0.05, 0) is 24.1 Å². The molecule has 0 radical (unpaired) electrons. The summed E-state index contributed by atoms with van der Waals surface area (Å²) in [6, 6.07) is 13.9. The van der Waals surface area contributed by atoms with Crippen molar-refractivity contribution in [1.29, 1.82) is 0 Å². The lowest BCUT2D eigenvalue weighted by molar-refractivity contribution is -0.121. The van der Waals surface area contributed by atoms with Gasteiger partial charge in [-0.25, -0.2) is 4.39 Å². The molecule has 0 aliphatic rings. The topological polar surface area (TPSA) is 65.1 Å². The van der Waals surface area contributed by atoms with Gasteiger partial charge < -0.3 is 15.4 Å². The predicted octanol–water partition coefficient (Wildman–Crippen LogP) is 3.09. The minimum atomic E-state index is -1.05. The Morgan fingerprint density at radius 2 is 1.92 bits per heavy atom. The van der Waals surface area contributed by atoms with Gasteiger partial charge in [0.2, 0.25) is 5.91 Å².